The quantitative estimate of drug-likeness (QED) is 0.446. The summed E-state index contributed by atoms with van der Waals surface area (Å²) in [5, 5.41) is 13.8. The molecule has 0 amide bonds. The molecule has 1 aliphatic rings. The number of aromatic hydroxyl groups is 1. The van der Waals surface area contributed by atoms with Crippen LogP contribution in [0.5, 0.6) is 5.75 Å². The molecule has 0 saturated carbocycles. The minimum atomic E-state index is -4.42. The van der Waals surface area contributed by atoms with Crippen LogP contribution in [0.25, 0.3) is 6.08 Å². The maximum Gasteiger partial charge on any atom is 0.294 e. The zero-order valence-corrected chi connectivity index (χ0v) is 13.0. The Kier molecular flexibility index (Phi) is 3.92. The highest BCUT2D eigenvalue weighted by atomic mass is 32.2. The lowest BCUT2D eigenvalue weighted by Gasteiger charge is -2.12. The van der Waals surface area contributed by atoms with Crippen molar-refractivity contribution >= 4 is 33.4 Å². The summed E-state index contributed by atoms with van der Waals surface area (Å²) >= 11 is 0. The van der Waals surface area contributed by atoms with Crippen LogP contribution in [0.2, 0.25) is 0 Å². The Balaban J connectivity index is 1.99. The molecule has 0 fully saturated rings. The van der Waals surface area contributed by atoms with E-state index in [4.69, 9.17) is 4.55 Å². The predicted octanol–water partition coefficient (Wildman–Crippen LogP) is 2.05. The minimum absolute atomic E-state index is 0.0579. The second-order valence-corrected chi connectivity index (χ2v) is 6.43. The second-order valence-electron chi connectivity index (χ2n) is 5.01. The van der Waals surface area contributed by atoms with E-state index in [1.54, 1.807) is 18.2 Å². The van der Waals surface area contributed by atoms with E-state index in [-0.39, 0.29) is 22.9 Å². The lowest BCUT2D eigenvalue weighted by Crippen LogP contribution is -2.19. The number of hydrazone groups is 1. The Hall–Kier alpha value is -2.97. The van der Waals surface area contributed by atoms with Crippen LogP contribution in [0.15, 0.2) is 58.5 Å². The summed E-state index contributed by atoms with van der Waals surface area (Å²) in [5.74, 6) is -0.606. The molecule has 2 aromatic carbocycles. The topological polar surface area (TPSA) is 116 Å². The molecule has 3 N–H and O–H groups in total. The van der Waals surface area contributed by atoms with E-state index in [9.17, 15) is 18.3 Å². The third-order valence-corrected chi connectivity index (χ3v) is 4.27. The summed E-state index contributed by atoms with van der Waals surface area (Å²) in [4.78, 5) is 11.6. The van der Waals surface area contributed by atoms with Crippen LogP contribution in [0, 0.1) is 0 Å². The maximum atomic E-state index is 12.0. The molecule has 122 valence electrons. The van der Waals surface area contributed by atoms with Gasteiger partial charge < -0.3 is 5.11 Å². The number of allylic oxidation sites excluding steroid dienone is 1. The van der Waals surface area contributed by atoms with Gasteiger partial charge in [-0.1, -0.05) is 30.3 Å². The number of fused-ring (bicyclic) bond motifs is 1. The van der Waals surface area contributed by atoms with Crippen molar-refractivity contribution in [2.75, 3.05) is 5.43 Å². The van der Waals surface area contributed by atoms with Crippen LogP contribution < -0.4 is 5.43 Å². The number of carbonyl (C=O) groups excluding carboxylic acids is 1. The molecular weight excluding hydrogens is 332 g/mol. The molecule has 0 aliphatic heterocycles. The first kappa shape index (κ1) is 15.9. The third kappa shape index (κ3) is 3.05. The number of anilines is 1. The van der Waals surface area contributed by atoms with Gasteiger partial charge in [-0.05, 0) is 29.8 Å². The number of phenols is 1. The van der Waals surface area contributed by atoms with E-state index in [1.165, 1.54) is 6.08 Å². The normalized spacial score (nSPS) is 15.4. The second kappa shape index (κ2) is 5.91. The molecule has 8 heteroatoms. The lowest BCUT2D eigenvalue weighted by molar-refractivity contribution is -0.108. The summed E-state index contributed by atoms with van der Waals surface area (Å²) < 4.78 is 31.4. The minimum Gasteiger partial charge on any atom is -0.506 e. The van der Waals surface area contributed by atoms with Gasteiger partial charge in [0.2, 0.25) is 5.78 Å². The predicted molar refractivity (Wildman–Crippen MR) is 88.6 cm³/mol. The average Bonchev–Trinajstić information content (AvgIpc) is 2.54. The summed E-state index contributed by atoms with van der Waals surface area (Å²) in [6, 6.07) is 10.3. The van der Waals surface area contributed by atoms with E-state index in [0.717, 1.165) is 23.8 Å². The number of nitrogens with one attached hydrogen (secondary N) is 1. The first-order valence-corrected chi connectivity index (χ1v) is 8.26. The van der Waals surface area contributed by atoms with Crippen molar-refractivity contribution in [3.05, 3.63) is 59.7 Å². The van der Waals surface area contributed by atoms with Gasteiger partial charge in [0.1, 0.15) is 11.5 Å². The SMILES string of the molecule is O=C1C=Cc2ccccc2/C1=N\Nc1cc(S(=O)(=O)O)ccc1O. The summed E-state index contributed by atoms with van der Waals surface area (Å²) in [6.07, 6.45) is 3.05. The number of ketones is 1. The molecule has 3 rings (SSSR count). The molecule has 7 nitrogen and oxygen atoms in total. The molecule has 24 heavy (non-hydrogen) atoms. The zero-order chi connectivity index (χ0) is 17.3. The van der Waals surface area contributed by atoms with Gasteiger partial charge in [-0.25, -0.2) is 0 Å². The van der Waals surface area contributed by atoms with Gasteiger partial charge in [-0.3, -0.25) is 14.8 Å². The fraction of sp³-hybridized carbons (Fsp3) is 0. The zero-order valence-electron chi connectivity index (χ0n) is 12.2. The van der Waals surface area contributed by atoms with Crippen molar-refractivity contribution in [1.82, 2.24) is 0 Å². The van der Waals surface area contributed by atoms with Crippen LogP contribution in [0.3, 0.4) is 0 Å². The van der Waals surface area contributed by atoms with Gasteiger partial charge in [0, 0.05) is 5.56 Å². The Morgan fingerprint density at radius 1 is 1.04 bits per heavy atom. The van der Waals surface area contributed by atoms with Crippen molar-refractivity contribution < 1.29 is 22.9 Å². The van der Waals surface area contributed by atoms with Crippen LogP contribution in [0.1, 0.15) is 11.1 Å². The van der Waals surface area contributed by atoms with E-state index in [0.29, 0.717) is 5.56 Å². The smallest absolute Gasteiger partial charge is 0.294 e. The summed E-state index contributed by atoms with van der Waals surface area (Å²) in [7, 11) is -4.42. The molecule has 0 bridgehead atoms. The molecule has 0 radical (unpaired) electrons. The summed E-state index contributed by atoms with van der Waals surface area (Å²) in [6.45, 7) is 0. The first-order valence-electron chi connectivity index (χ1n) is 6.82. The van der Waals surface area contributed by atoms with E-state index in [1.807, 2.05) is 12.1 Å². The van der Waals surface area contributed by atoms with Crippen molar-refractivity contribution in [3.8, 4) is 5.75 Å². The Morgan fingerprint density at radius 2 is 1.79 bits per heavy atom. The number of hydrogen-bond acceptors (Lipinski definition) is 6. The van der Waals surface area contributed by atoms with Gasteiger partial charge in [-0.2, -0.15) is 13.5 Å². The molecule has 0 unspecified atom stereocenters. The van der Waals surface area contributed by atoms with Crippen molar-refractivity contribution in [2.24, 2.45) is 5.10 Å². The van der Waals surface area contributed by atoms with Crippen molar-refractivity contribution in [2.45, 2.75) is 4.90 Å². The molecular formula is C16H12N2O5S. The molecule has 2 aromatic rings. The van der Waals surface area contributed by atoms with Crippen molar-refractivity contribution in [3.63, 3.8) is 0 Å². The Bertz CT molecular complexity index is 993. The number of benzene rings is 2. The fourth-order valence-corrected chi connectivity index (χ4v) is 2.74. The highest BCUT2D eigenvalue weighted by molar-refractivity contribution is 7.85. The summed E-state index contributed by atoms with van der Waals surface area (Å²) in [5.41, 5.74) is 3.97. The average molecular weight is 344 g/mol. The van der Waals surface area contributed by atoms with Gasteiger partial charge in [0.15, 0.2) is 0 Å². The van der Waals surface area contributed by atoms with Crippen LogP contribution >= 0.6 is 0 Å². The molecule has 0 heterocycles. The van der Waals surface area contributed by atoms with Gasteiger partial charge in [-0.15, -0.1) is 0 Å². The molecule has 1 aliphatic carbocycles. The van der Waals surface area contributed by atoms with Crippen molar-refractivity contribution in [1.29, 1.82) is 0 Å². The van der Waals surface area contributed by atoms with E-state index >= 15 is 0 Å². The van der Waals surface area contributed by atoms with E-state index in [2.05, 4.69) is 10.5 Å². The monoisotopic (exact) mass is 344 g/mol. The van der Waals surface area contributed by atoms with Gasteiger partial charge in [0.05, 0.1) is 10.6 Å². The number of nitrogens with zero attached hydrogens (tertiary/aromatic N) is 1. The highest BCUT2D eigenvalue weighted by Gasteiger charge is 2.19. The Morgan fingerprint density at radius 3 is 2.54 bits per heavy atom. The molecule has 0 atom stereocenters. The van der Waals surface area contributed by atoms with Crippen LogP contribution in [-0.4, -0.2) is 29.6 Å². The highest BCUT2D eigenvalue weighted by Crippen LogP contribution is 2.27. The number of carbonyl (C=O) groups is 1. The van der Waals surface area contributed by atoms with Crippen LogP contribution in [-0.2, 0) is 14.9 Å². The first-order chi connectivity index (χ1) is 11.4. The van der Waals surface area contributed by atoms with Gasteiger partial charge in [0.25, 0.3) is 10.1 Å². The largest absolute Gasteiger partial charge is 0.506 e. The maximum absolute atomic E-state index is 12.0. The standard InChI is InChI=1S/C16H12N2O5S/c19-14-8-6-11(24(21,22)23)9-13(14)17-18-16-12-4-2-1-3-10(12)5-7-15(16)20/h1-9,17,19H,(H,21,22,23)/b18-16+. The lowest BCUT2D eigenvalue weighted by atomic mass is 9.95. The number of rotatable bonds is 3. The number of phenolic OH excluding ortho intramolecular Hbond substituents is 1. The molecule has 0 aromatic heterocycles. The number of hydrogen-bond donors (Lipinski definition) is 3. The van der Waals surface area contributed by atoms with E-state index < -0.39 is 15.0 Å². The molecule has 0 spiro atoms. The Labute approximate surface area is 137 Å². The van der Waals surface area contributed by atoms with Gasteiger partial charge >= 0.3 is 0 Å². The van der Waals surface area contributed by atoms with Crippen LogP contribution in [0.4, 0.5) is 5.69 Å². The molecule has 0 saturated heterocycles. The third-order valence-electron chi connectivity index (χ3n) is 3.42. The fourth-order valence-electron chi connectivity index (χ4n) is 2.23.